The molecule has 0 heterocycles. The van der Waals surface area contributed by atoms with E-state index in [1.54, 1.807) is 0 Å². The average Bonchev–Trinajstić information content (AvgIpc) is 3.39. The minimum atomic E-state index is -0.830. The molecule has 408 valence electrons. The van der Waals surface area contributed by atoms with Gasteiger partial charge in [0.1, 0.15) is 13.2 Å². The Morgan fingerprint density at radius 1 is 0.274 bits per heavy atom. The number of unbranched alkanes of at least 4 members (excludes halogenated alkanes) is 13. The summed E-state index contributed by atoms with van der Waals surface area (Å²) in [7, 11) is 0. The zero-order valence-electron chi connectivity index (χ0n) is 46.6. The lowest BCUT2D eigenvalue weighted by Crippen LogP contribution is -2.30. The second-order valence-electron chi connectivity index (χ2n) is 18.4. The lowest BCUT2D eigenvalue weighted by Gasteiger charge is -2.18. The fraction of sp³-hybridized carbons (Fsp3) is 0.567. The lowest BCUT2D eigenvalue weighted by molar-refractivity contribution is -0.166. The largest absolute Gasteiger partial charge is 0.462 e. The Bertz CT molecular complexity index is 1670. The van der Waals surface area contributed by atoms with E-state index in [0.717, 1.165) is 141 Å². The number of hydrogen-bond acceptors (Lipinski definition) is 6. The summed E-state index contributed by atoms with van der Waals surface area (Å²) in [6.45, 7) is 6.19. The van der Waals surface area contributed by atoms with Crippen molar-refractivity contribution in [3.05, 3.63) is 158 Å². The molecule has 0 fully saturated rings. The van der Waals surface area contributed by atoms with Gasteiger partial charge in [0.15, 0.2) is 6.10 Å². The molecular weight excluding hydrogens is 901 g/mol. The van der Waals surface area contributed by atoms with E-state index in [1.165, 1.54) is 38.5 Å². The van der Waals surface area contributed by atoms with Crippen LogP contribution in [0.25, 0.3) is 0 Å². The summed E-state index contributed by atoms with van der Waals surface area (Å²) in [5.41, 5.74) is 0. The molecule has 1 atom stereocenters. The van der Waals surface area contributed by atoms with Crippen molar-refractivity contribution < 1.29 is 28.6 Å². The molecule has 0 N–H and O–H groups in total. The van der Waals surface area contributed by atoms with Gasteiger partial charge in [-0.2, -0.15) is 0 Å². The number of rotatable bonds is 50. The quantitative estimate of drug-likeness (QED) is 0.0261. The highest BCUT2D eigenvalue weighted by Crippen LogP contribution is 2.14. The van der Waals surface area contributed by atoms with Crippen LogP contribution in [0.2, 0.25) is 0 Å². The van der Waals surface area contributed by atoms with Crippen LogP contribution in [0.3, 0.4) is 0 Å². The molecule has 0 aromatic heterocycles. The number of ether oxygens (including phenoxy) is 3. The molecule has 0 aliphatic carbocycles. The van der Waals surface area contributed by atoms with Gasteiger partial charge in [-0.3, -0.25) is 14.4 Å². The topological polar surface area (TPSA) is 78.9 Å². The van der Waals surface area contributed by atoms with Crippen LogP contribution in [-0.2, 0) is 28.6 Å². The SMILES string of the molecule is CC/C=C\C/C=C\C/C=C\C/C=C\C/C=C\CCCCCCCCCCCC(=O)OCC(COC(=O)CC/C=C\C/C=C\C/C=C\C/C=C\CC)OC(=O)CCCCCC/C=C\C/C=C\C/C=C\C/C=C\CC. The zero-order valence-corrected chi connectivity index (χ0v) is 46.6. The third-order valence-corrected chi connectivity index (χ3v) is 11.5. The van der Waals surface area contributed by atoms with Crippen LogP contribution in [-0.4, -0.2) is 37.2 Å². The minimum absolute atomic E-state index is 0.120. The summed E-state index contributed by atoms with van der Waals surface area (Å²) in [6, 6.07) is 0. The van der Waals surface area contributed by atoms with Crippen LogP contribution in [0.5, 0.6) is 0 Å². The van der Waals surface area contributed by atoms with Gasteiger partial charge in [-0.1, -0.05) is 237 Å². The number of carbonyl (C=O) groups is 3. The van der Waals surface area contributed by atoms with Crippen molar-refractivity contribution in [3.8, 4) is 0 Å². The monoisotopic (exact) mass is 1000 g/mol. The average molecular weight is 1010 g/mol. The summed E-state index contributed by atoms with van der Waals surface area (Å²) in [5.74, 6) is -1.04. The van der Waals surface area contributed by atoms with Crippen molar-refractivity contribution in [1.29, 1.82) is 0 Å². The van der Waals surface area contributed by atoms with Gasteiger partial charge in [0, 0.05) is 19.3 Å². The zero-order chi connectivity index (χ0) is 52.9. The number of allylic oxidation sites excluding steroid dienone is 26. The van der Waals surface area contributed by atoms with Crippen molar-refractivity contribution in [2.24, 2.45) is 0 Å². The summed E-state index contributed by atoms with van der Waals surface area (Å²) in [4.78, 5) is 38.1. The fourth-order valence-electron chi connectivity index (χ4n) is 7.30. The molecule has 0 amide bonds. The summed E-state index contributed by atoms with van der Waals surface area (Å²) in [6.07, 6.45) is 86.8. The van der Waals surface area contributed by atoms with Crippen LogP contribution in [0.15, 0.2) is 158 Å². The molecular formula is C67H104O6. The number of carbonyl (C=O) groups excluding carboxylic acids is 3. The molecule has 0 aliphatic rings. The van der Waals surface area contributed by atoms with Crippen molar-refractivity contribution >= 4 is 17.9 Å². The highest BCUT2D eigenvalue weighted by molar-refractivity contribution is 5.71. The van der Waals surface area contributed by atoms with Gasteiger partial charge in [-0.25, -0.2) is 0 Å². The van der Waals surface area contributed by atoms with Gasteiger partial charge in [-0.05, 0) is 128 Å². The molecule has 0 saturated carbocycles. The Morgan fingerprint density at radius 3 is 0.849 bits per heavy atom. The van der Waals surface area contributed by atoms with E-state index in [-0.39, 0.29) is 44.0 Å². The summed E-state index contributed by atoms with van der Waals surface area (Å²) in [5, 5.41) is 0. The third kappa shape index (κ3) is 57.8. The van der Waals surface area contributed by atoms with Gasteiger partial charge in [0.05, 0.1) is 0 Å². The van der Waals surface area contributed by atoms with Gasteiger partial charge < -0.3 is 14.2 Å². The number of esters is 3. The van der Waals surface area contributed by atoms with Crippen LogP contribution in [0.1, 0.15) is 226 Å². The Hall–Kier alpha value is -4.97. The second kappa shape index (κ2) is 59.6. The Labute approximate surface area is 448 Å². The summed E-state index contributed by atoms with van der Waals surface area (Å²) < 4.78 is 16.8. The van der Waals surface area contributed by atoms with Gasteiger partial charge in [-0.15, -0.1) is 0 Å². The predicted molar refractivity (Wildman–Crippen MR) is 315 cm³/mol. The molecule has 0 rings (SSSR count). The van der Waals surface area contributed by atoms with E-state index >= 15 is 0 Å². The van der Waals surface area contributed by atoms with E-state index in [0.29, 0.717) is 12.8 Å². The fourth-order valence-corrected chi connectivity index (χ4v) is 7.30. The maximum absolute atomic E-state index is 12.8. The molecule has 0 radical (unpaired) electrons. The Balaban J connectivity index is 4.45. The molecule has 0 spiro atoms. The molecule has 0 aromatic rings. The maximum atomic E-state index is 12.8. The number of hydrogen-bond donors (Lipinski definition) is 0. The van der Waals surface area contributed by atoms with E-state index in [9.17, 15) is 14.4 Å². The Kier molecular flexibility index (Phi) is 55.5. The molecule has 0 bridgehead atoms. The molecule has 0 aromatic carbocycles. The highest BCUT2D eigenvalue weighted by Gasteiger charge is 2.19. The van der Waals surface area contributed by atoms with Crippen LogP contribution >= 0.6 is 0 Å². The third-order valence-electron chi connectivity index (χ3n) is 11.5. The van der Waals surface area contributed by atoms with Crippen molar-refractivity contribution in [1.82, 2.24) is 0 Å². The first-order chi connectivity index (χ1) is 36.0. The molecule has 6 nitrogen and oxygen atoms in total. The van der Waals surface area contributed by atoms with Gasteiger partial charge in [0.2, 0.25) is 0 Å². The minimum Gasteiger partial charge on any atom is -0.462 e. The summed E-state index contributed by atoms with van der Waals surface area (Å²) >= 11 is 0. The van der Waals surface area contributed by atoms with Crippen molar-refractivity contribution in [3.63, 3.8) is 0 Å². The molecule has 6 heteroatoms. The first-order valence-corrected chi connectivity index (χ1v) is 29.0. The first kappa shape index (κ1) is 68.0. The predicted octanol–water partition coefficient (Wildman–Crippen LogP) is 19.8. The Morgan fingerprint density at radius 2 is 0.521 bits per heavy atom. The smallest absolute Gasteiger partial charge is 0.306 e. The molecule has 1 unspecified atom stereocenters. The molecule has 0 aliphatic heterocycles. The van der Waals surface area contributed by atoms with E-state index in [4.69, 9.17) is 14.2 Å². The second-order valence-corrected chi connectivity index (χ2v) is 18.4. The van der Waals surface area contributed by atoms with Crippen molar-refractivity contribution in [2.45, 2.75) is 232 Å². The van der Waals surface area contributed by atoms with E-state index in [2.05, 4.69) is 167 Å². The maximum Gasteiger partial charge on any atom is 0.306 e. The molecule has 73 heavy (non-hydrogen) atoms. The lowest BCUT2D eigenvalue weighted by atomic mass is 10.1. The molecule has 0 saturated heterocycles. The van der Waals surface area contributed by atoms with E-state index < -0.39 is 6.10 Å². The van der Waals surface area contributed by atoms with E-state index in [1.807, 2.05) is 12.2 Å². The van der Waals surface area contributed by atoms with Gasteiger partial charge in [0.25, 0.3) is 0 Å². The highest BCUT2D eigenvalue weighted by atomic mass is 16.6. The van der Waals surface area contributed by atoms with Gasteiger partial charge >= 0.3 is 17.9 Å². The standard InChI is InChI=1S/C67H104O6/c1-4-7-10-13-16-19-22-25-27-29-30-31-32-33-34-35-36-38-39-42-45-48-51-54-57-60-66(69)72-63-64(62-71-65(68)59-56-53-50-47-44-41-24-21-18-15-12-9-6-3)73-67(70)61-58-55-52-49-46-43-40-37-28-26-23-20-17-14-11-8-5-2/h7-12,16-21,25-28,30-31,33-34,40-41,43-44,50,53,64H,4-6,13-15,22-24,29,32,35-39,42,45-49,51-52,54-63H2,1-3H3/b10-7-,11-8-,12-9-,19-16-,20-17-,21-18-,27-25-,28-26-,31-30-,34-33-,43-40-,44-41-,53-50-. The van der Waals surface area contributed by atoms with Crippen LogP contribution in [0, 0.1) is 0 Å². The van der Waals surface area contributed by atoms with Crippen LogP contribution < -0.4 is 0 Å². The first-order valence-electron chi connectivity index (χ1n) is 29.0. The van der Waals surface area contributed by atoms with Crippen LogP contribution in [0.4, 0.5) is 0 Å². The normalized spacial score (nSPS) is 13.3. The van der Waals surface area contributed by atoms with Crippen molar-refractivity contribution in [2.75, 3.05) is 13.2 Å².